The van der Waals surface area contributed by atoms with Crippen LogP contribution in [0.5, 0.6) is 5.75 Å². The minimum Gasteiger partial charge on any atom is -0.469 e. The maximum atomic E-state index is 12.6. The maximum absolute atomic E-state index is 12.6. The number of unbranched alkanes of at least 4 members (excludes halogenated alkanes) is 1. The first-order chi connectivity index (χ1) is 62.1. The van der Waals surface area contributed by atoms with Crippen molar-refractivity contribution in [1.82, 2.24) is 0 Å². The van der Waals surface area contributed by atoms with E-state index in [0.29, 0.717) is 61.1 Å². The van der Waals surface area contributed by atoms with Gasteiger partial charge in [-0.25, -0.2) is 0 Å². The fourth-order valence-corrected chi connectivity index (χ4v) is 41.2. The lowest BCUT2D eigenvalue weighted by Gasteiger charge is -2.42. The van der Waals surface area contributed by atoms with E-state index in [1.165, 1.54) is 103 Å². The number of carbonyl (C=O) groups excluding carboxylic acids is 6. The summed E-state index contributed by atoms with van der Waals surface area (Å²) in [5.74, 6) is 34.2. The highest BCUT2D eigenvalue weighted by Crippen LogP contribution is 2.78. The summed E-state index contributed by atoms with van der Waals surface area (Å²) in [6, 6.07) is 12.1. The van der Waals surface area contributed by atoms with Gasteiger partial charge in [0.05, 0.1) is 77.5 Å². The van der Waals surface area contributed by atoms with Crippen LogP contribution in [-0.2, 0) is 52.5 Å². The van der Waals surface area contributed by atoms with Crippen LogP contribution in [0.15, 0.2) is 115 Å². The molecule has 0 aromatic heterocycles. The minimum atomic E-state index is -0.200. The Morgan fingerprint density at radius 3 is 1.00 bits per heavy atom. The van der Waals surface area contributed by atoms with Crippen molar-refractivity contribution in [2.24, 2.45) is 287 Å². The number of nitrogens with zero attached hydrogens (tertiary/aromatic N) is 1. The standard InChI is InChI=1S/C19H20O2.C18H26O2.2C17H24O2.C16H22O2.C15H20O2.C14H17N/c20-19(21-14-4-2-1-3-5-14)16-10-13-9-15(16)18-12-7-6-11(8-12)17(13)18;1-3-4-7-20-17(19)18(2)10-13-9-14(18)16-12-6-5-11(8-12)15(13)16;1-9(2)19-16(18)17(3)8-12-7-13(17)15-11-5-4-10(6-11)14(12)15;1-3-6-19-16(18)17(2)9-12-8-13(17)15-11-5-4-10(7-11)14(12)15;1-3-18-15(17)16(2)8-11-7-12(16)14-10-5-4-9(6-10)13(11)14;1-15(14(16)17-2)7-10-6-11(15)13-9-4-3-8(5-9)12(10)13;1-14(7-15)6-10-5-11(14)13-9-3-2-8(4-9)12(10)13/h1-7,11-13,15-18H,8-10H2;5-6,11-16H,3-4,7-10H2,1-2H3;4-5,9-15H,6-8H2,1-3H3;4-5,10-15H,3,6-9H2,1-2H3;4-5,9-14H,3,6-8H2,1-2H3;3-4,8-13H,5-7H2,1-2H3;2-3,8-13H,4-6H2,1H3. The highest BCUT2D eigenvalue weighted by atomic mass is 16.6. The molecule has 13 nitrogen and oxygen atoms in total. The van der Waals surface area contributed by atoms with E-state index in [1.54, 1.807) is 0 Å². The molecule has 49 atom stereocenters. The Balaban J connectivity index is 0.0000000861. The molecular weight excluding hydrogens is 1600 g/mol. The lowest BCUT2D eigenvalue weighted by molar-refractivity contribution is -0.165. The Hall–Kier alpha value is -6.29. The predicted molar refractivity (Wildman–Crippen MR) is 494 cm³/mol. The first kappa shape index (κ1) is 86.8. The minimum absolute atomic E-state index is 0.0129. The van der Waals surface area contributed by atoms with Crippen LogP contribution in [0.1, 0.15) is 230 Å². The van der Waals surface area contributed by atoms with Crippen molar-refractivity contribution < 1.29 is 57.2 Å². The summed E-state index contributed by atoms with van der Waals surface area (Å²) in [6.45, 7) is 24.8. The normalized spacial score (nSPS) is 53.4. The highest BCUT2D eigenvalue weighted by Gasteiger charge is 2.74. The van der Waals surface area contributed by atoms with E-state index in [1.807, 2.05) is 51.1 Å². The molecule has 0 radical (unpaired) electrons. The van der Waals surface area contributed by atoms with E-state index in [0.717, 1.165) is 271 Å². The second-order valence-corrected chi connectivity index (χ2v) is 50.7. The first-order valence-electron chi connectivity index (χ1n) is 53.4. The van der Waals surface area contributed by atoms with Crippen molar-refractivity contribution in [1.29, 1.82) is 5.26 Å². The third-order valence-electron chi connectivity index (χ3n) is 45.0. The van der Waals surface area contributed by atoms with Crippen LogP contribution >= 0.6 is 0 Å². The van der Waals surface area contributed by atoms with Gasteiger partial charge in [0, 0.05) is 0 Å². The number of hydrogen-bond acceptors (Lipinski definition) is 13. The van der Waals surface area contributed by atoms with Gasteiger partial charge in [0.1, 0.15) is 5.75 Å². The summed E-state index contributed by atoms with van der Waals surface area (Å²) >= 11 is 0. The molecule has 13 heteroatoms. The Labute approximate surface area is 771 Å². The highest BCUT2D eigenvalue weighted by molar-refractivity contribution is 5.81. The molecule has 0 N–H and O–H groups in total. The molecule has 28 bridgehead atoms. The number of nitriles is 1. The summed E-state index contributed by atoms with van der Waals surface area (Å²) in [5, 5.41) is 9.37. The quantitative estimate of drug-likeness (QED) is 0.0429. The molecule has 1 aromatic rings. The fraction of sp³-hybridized carbons (Fsp3) is 0.767. The Bertz CT molecular complexity index is 4850. The summed E-state index contributed by atoms with van der Waals surface area (Å²) in [6.07, 6.45) is 63.4. The van der Waals surface area contributed by atoms with Gasteiger partial charge >= 0.3 is 35.8 Å². The number of ether oxygens (including phenoxy) is 6. The average molecular weight is 1750 g/mol. The van der Waals surface area contributed by atoms with Gasteiger partial charge in [-0.05, 0) is 471 Å². The van der Waals surface area contributed by atoms with E-state index in [9.17, 15) is 34.0 Å². The van der Waals surface area contributed by atoms with Crippen molar-refractivity contribution >= 4 is 35.8 Å². The number of allylic oxidation sites excluding steroid dienone is 14. The molecule has 0 saturated heterocycles. The van der Waals surface area contributed by atoms with Gasteiger partial charge in [-0.1, -0.05) is 124 Å². The van der Waals surface area contributed by atoms with Gasteiger partial charge in [-0.3, -0.25) is 28.8 Å². The molecule has 1 aromatic carbocycles. The van der Waals surface area contributed by atoms with Crippen LogP contribution in [0.2, 0.25) is 0 Å². The lowest BCUT2D eigenvalue weighted by Crippen LogP contribution is -2.43. The van der Waals surface area contributed by atoms with Gasteiger partial charge in [-0.15, -0.1) is 0 Å². The lowest BCUT2D eigenvalue weighted by atomic mass is 9.63. The molecule has 694 valence electrons. The van der Waals surface area contributed by atoms with E-state index < -0.39 is 0 Å². The maximum Gasteiger partial charge on any atom is 0.314 e. The van der Waals surface area contributed by atoms with Crippen LogP contribution in [0, 0.1) is 298 Å². The van der Waals surface area contributed by atoms with E-state index in [2.05, 4.69) is 147 Å². The number of rotatable bonds is 14. The third kappa shape index (κ3) is 13.0. The number of benzene rings is 1. The number of carbonyl (C=O) groups is 6. The topological polar surface area (TPSA) is 182 Å². The Kier molecular flexibility index (Phi) is 21.5. The zero-order valence-electron chi connectivity index (χ0n) is 79.8. The molecule has 0 heterocycles. The predicted octanol–water partition coefficient (Wildman–Crippen LogP) is 23.0. The number of fused-ring (bicyclic) bond motifs is 63. The zero-order valence-corrected chi connectivity index (χ0v) is 79.8. The summed E-state index contributed by atoms with van der Waals surface area (Å²) in [7, 11) is 1.54. The molecular formula is C116H153NO12. The fourth-order valence-electron chi connectivity index (χ4n) is 41.2. The number of methoxy groups -OCH3 is 1. The van der Waals surface area contributed by atoms with Crippen molar-refractivity contribution in [3.8, 4) is 11.8 Å². The van der Waals surface area contributed by atoms with E-state index >= 15 is 0 Å². The van der Waals surface area contributed by atoms with Crippen LogP contribution < -0.4 is 4.74 Å². The average Bonchev–Trinajstić information content (AvgIpc) is 1.55. The molecule has 129 heavy (non-hydrogen) atoms. The van der Waals surface area contributed by atoms with Crippen LogP contribution in [-0.4, -0.2) is 68.9 Å². The molecule has 21 fully saturated rings. The van der Waals surface area contributed by atoms with Crippen LogP contribution in [0.3, 0.4) is 0 Å². The van der Waals surface area contributed by atoms with Gasteiger partial charge in [-0.2, -0.15) is 5.26 Å². The van der Waals surface area contributed by atoms with Crippen LogP contribution in [0.4, 0.5) is 0 Å². The Morgan fingerprint density at radius 1 is 0.349 bits per heavy atom. The second kappa shape index (κ2) is 31.9. The molecule has 0 aliphatic heterocycles. The van der Waals surface area contributed by atoms with Crippen molar-refractivity contribution in [3.63, 3.8) is 0 Å². The third-order valence-corrected chi connectivity index (χ3v) is 45.0. The van der Waals surface area contributed by atoms with Crippen LogP contribution in [0.25, 0.3) is 0 Å². The number of para-hydroxylation sites is 1. The van der Waals surface area contributed by atoms with Gasteiger partial charge in [0.15, 0.2) is 0 Å². The molecule has 28 aliphatic carbocycles. The van der Waals surface area contributed by atoms with E-state index in [4.69, 9.17) is 28.4 Å². The van der Waals surface area contributed by atoms with Gasteiger partial charge in [0.2, 0.25) is 0 Å². The zero-order chi connectivity index (χ0) is 88.9. The van der Waals surface area contributed by atoms with Gasteiger partial charge in [0.25, 0.3) is 0 Å². The van der Waals surface area contributed by atoms with Crippen molar-refractivity contribution in [2.75, 3.05) is 26.9 Å². The smallest absolute Gasteiger partial charge is 0.314 e. The summed E-state index contributed by atoms with van der Waals surface area (Å²) in [4.78, 5) is 74.5. The van der Waals surface area contributed by atoms with E-state index in [-0.39, 0.29) is 80.3 Å². The summed E-state index contributed by atoms with van der Waals surface area (Å²) in [5.41, 5.74) is -0.908. The van der Waals surface area contributed by atoms with Gasteiger partial charge < -0.3 is 28.4 Å². The SMILES string of the molecule is CC(C)OC(=O)C1(C)CC2CC1C1C3C=CC(C3)C21.CC1(C#N)CC2CC1C1C3C=CC(C3)C21.CCCCOC(=O)C1(C)CC2CC1C1C3C=CC(C3)C21.CCCOC(=O)C1(C)CC2CC1C1C3C=CC(C3)C21.CCOC(=O)C1(C)CC2CC1C1C3C=CC(C3)C21.COC(=O)C1(C)CC2CC1C1C3C=CC(C3)C21.O=C(Oc1ccccc1)C1CC2CC1C1C3C=CC(C3)C21. The number of esters is 6. The molecule has 0 amide bonds. The molecule has 21 saturated carbocycles. The van der Waals surface area contributed by atoms with Crippen molar-refractivity contribution in [2.45, 2.75) is 236 Å². The molecule has 28 aliphatic rings. The molecule has 29 rings (SSSR count). The summed E-state index contributed by atoms with van der Waals surface area (Å²) < 4.78 is 32.7. The number of hydrogen-bond donors (Lipinski definition) is 0. The largest absolute Gasteiger partial charge is 0.469 e. The monoisotopic (exact) mass is 1750 g/mol. The molecule has 49 unspecified atom stereocenters. The van der Waals surface area contributed by atoms with Crippen molar-refractivity contribution in [3.05, 3.63) is 115 Å². The first-order valence-corrected chi connectivity index (χ1v) is 53.4. The molecule has 0 spiro atoms. The second-order valence-electron chi connectivity index (χ2n) is 50.7. The Morgan fingerprint density at radius 2 is 0.659 bits per heavy atom.